The third-order valence-corrected chi connectivity index (χ3v) is 2.80. The van der Waals surface area contributed by atoms with Crippen LogP contribution in [0.1, 0.15) is 10.4 Å². The molecule has 0 bridgehead atoms. The Morgan fingerprint density at radius 1 is 1.29 bits per heavy atom. The Kier molecular flexibility index (Phi) is 3.06. The Morgan fingerprint density at radius 2 is 2.06 bits per heavy atom. The van der Waals surface area contributed by atoms with E-state index in [4.69, 9.17) is 5.73 Å². The molecule has 3 nitrogen and oxygen atoms in total. The first-order chi connectivity index (χ1) is 8.08. The third-order valence-electron chi connectivity index (χ3n) is 2.12. The van der Waals surface area contributed by atoms with Crippen molar-refractivity contribution in [2.75, 3.05) is 11.1 Å². The molecule has 1 aromatic heterocycles. The van der Waals surface area contributed by atoms with Crippen molar-refractivity contribution in [3.63, 3.8) is 0 Å². The van der Waals surface area contributed by atoms with Crippen molar-refractivity contribution in [3.05, 3.63) is 46.2 Å². The molecule has 0 atom stereocenters. The summed E-state index contributed by atoms with van der Waals surface area (Å²) in [5, 5.41) is 5.68. The van der Waals surface area contributed by atoms with E-state index in [9.17, 15) is 13.6 Å². The van der Waals surface area contributed by atoms with Crippen LogP contribution in [-0.4, -0.2) is 5.91 Å². The fraction of sp³-hybridized carbons (Fsp3) is 0. The van der Waals surface area contributed by atoms with Crippen LogP contribution < -0.4 is 11.1 Å². The Morgan fingerprint density at radius 3 is 2.71 bits per heavy atom. The van der Waals surface area contributed by atoms with Gasteiger partial charge in [0.25, 0.3) is 5.91 Å². The molecule has 0 aliphatic carbocycles. The number of carbonyl (C=O) groups excluding carboxylic acids is 1. The summed E-state index contributed by atoms with van der Waals surface area (Å²) in [4.78, 5) is 11.6. The second kappa shape index (κ2) is 4.50. The molecule has 2 aromatic rings. The van der Waals surface area contributed by atoms with Crippen LogP contribution in [0.4, 0.5) is 20.2 Å². The van der Waals surface area contributed by atoms with Gasteiger partial charge in [0.2, 0.25) is 0 Å². The Hall–Kier alpha value is -1.95. The highest BCUT2D eigenvalue weighted by molar-refractivity contribution is 7.08. The first kappa shape index (κ1) is 11.5. The van der Waals surface area contributed by atoms with Crippen LogP contribution in [0.3, 0.4) is 0 Å². The average Bonchev–Trinajstić information content (AvgIpc) is 2.79. The summed E-state index contributed by atoms with van der Waals surface area (Å²) in [5.74, 6) is -2.17. The molecule has 0 saturated heterocycles. The molecule has 2 rings (SSSR count). The lowest BCUT2D eigenvalue weighted by Crippen LogP contribution is -2.12. The van der Waals surface area contributed by atoms with Gasteiger partial charge in [-0.1, -0.05) is 0 Å². The SMILES string of the molecule is Nc1cc(NC(=O)c2ccsc2)c(F)cc1F. The van der Waals surface area contributed by atoms with Gasteiger partial charge in [0.15, 0.2) is 0 Å². The molecule has 0 aliphatic rings. The number of carbonyl (C=O) groups is 1. The molecule has 1 aromatic carbocycles. The van der Waals surface area contributed by atoms with E-state index in [0.29, 0.717) is 11.6 Å². The Bertz CT molecular complexity index is 555. The summed E-state index contributed by atoms with van der Waals surface area (Å²) in [6.07, 6.45) is 0. The number of benzene rings is 1. The highest BCUT2D eigenvalue weighted by Crippen LogP contribution is 2.21. The van der Waals surface area contributed by atoms with E-state index in [1.165, 1.54) is 11.3 Å². The average molecular weight is 254 g/mol. The standard InChI is InChI=1S/C11H8F2N2OS/c12-7-3-8(13)10(4-9(7)14)15-11(16)6-1-2-17-5-6/h1-5H,14H2,(H,15,16). The minimum Gasteiger partial charge on any atom is -0.396 e. The zero-order valence-corrected chi connectivity index (χ0v) is 9.35. The lowest BCUT2D eigenvalue weighted by molar-refractivity contribution is 0.102. The van der Waals surface area contributed by atoms with Crippen molar-refractivity contribution in [2.45, 2.75) is 0 Å². The molecule has 0 spiro atoms. The van der Waals surface area contributed by atoms with E-state index in [2.05, 4.69) is 5.32 Å². The fourth-order valence-corrected chi connectivity index (χ4v) is 1.89. The Labute approximate surface area is 99.9 Å². The first-order valence-electron chi connectivity index (χ1n) is 4.66. The van der Waals surface area contributed by atoms with Crippen LogP contribution in [0.15, 0.2) is 29.0 Å². The molecule has 88 valence electrons. The molecule has 0 fully saturated rings. The van der Waals surface area contributed by atoms with Crippen LogP contribution in [0.2, 0.25) is 0 Å². The van der Waals surface area contributed by atoms with Crippen LogP contribution in [0, 0.1) is 11.6 Å². The van der Waals surface area contributed by atoms with Gasteiger partial charge in [-0.2, -0.15) is 11.3 Å². The van der Waals surface area contributed by atoms with Gasteiger partial charge in [-0.3, -0.25) is 4.79 Å². The topological polar surface area (TPSA) is 55.1 Å². The normalized spacial score (nSPS) is 10.2. The molecule has 0 radical (unpaired) electrons. The summed E-state index contributed by atoms with van der Waals surface area (Å²) in [7, 11) is 0. The number of hydrogen-bond donors (Lipinski definition) is 2. The van der Waals surface area contributed by atoms with Crippen LogP contribution in [-0.2, 0) is 0 Å². The van der Waals surface area contributed by atoms with Gasteiger partial charge in [0.1, 0.15) is 11.6 Å². The van der Waals surface area contributed by atoms with Gasteiger partial charge in [-0.05, 0) is 17.5 Å². The van der Waals surface area contributed by atoms with E-state index in [1.807, 2.05) is 0 Å². The van der Waals surface area contributed by atoms with Crippen molar-refractivity contribution in [2.24, 2.45) is 0 Å². The van der Waals surface area contributed by atoms with Gasteiger partial charge in [-0.15, -0.1) is 0 Å². The van der Waals surface area contributed by atoms with Gasteiger partial charge in [0, 0.05) is 11.4 Å². The molecule has 0 saturated carbocycles. The monoisotopic (exact) mass is 254 g/mol. The maximum atomic E-state index is 13.3. The number of nitrogen functional groups attached to an aromatic ring is 1. The van der Waals surface area contributed by atoms with E-state index in [1.54, 1.807) is 16.8 Å². The minimum atomic E-state index is -0.861. The Balaban J connectivity index is 2.25. The molecule has 1 heterocycles. The second-order valence-corrected chi connectivity index (χ2v) is 4.10. The molecule has 1 amide bonds. The van der Waals surface area contributed by atoms with Gasteiger partial charge in [0.05, 0.1) is 16.9 Å². The van der Waals surface area contributed by atoms with Crippen LogP contribution >= 0.6 is 11.3 Å². The van der Waals surface area contributed by atoms with Gasteiger partial charge < -0.3 is 11.1 Å². The maximum absolute atomic E-state index is 13.3. The number of nitrogens with one attached hydrogen (secondary N) is 1. The highest BCUT2D eigenvalue weighted by Gasteiger charge is 2.12. The molecule has 6 heteroatoms. The third kappa shape index (κ3) is 2.42. The van der Waals surface area contributed by atoms with Crippen LogP contribution in [0.25, 0.3) is 0 Å². The van der Waals surface area contributed by atoms with Crippen molar-refractivity contribution < 1.29 is 13.6 Å². The summed E-state index contributed by atoms with van der Waals surface area (Å²) in [5.41, 5.74) is 5.35. The highest BCUT2D eigenvalue weighted by atomic mass is 32.1. The maximum Gasteiger partial charge on any atom is 0.256 e. The fourth-order valence-electron chi connectivity index (χ4n) is 1.25. The van der Waals surface area contributed by atoms with Crippen LogP contribution in [0.5, 0.6) is 0 Å². The first-order valence-corrected chi connectivity index (χ1v) is 5.60. The van der Waals surface area contributed by atoms with Gasteiger partial charge in [-0.25, -0.2) is 8.78 Å². The van der Waals surface area contributed by atoms with Gasteiger partial charge >= 0.3 is 0 Å². The summed E-state index contributed by atoms with van der Waals surface area (Å²) >= 11 is 1.35. The molecule has 17 heavy (non-hydrogen) atoms. The number of halogens is 2. The summed E-state index contributed by atoms with van der Waals surface area (Å²) in [6, 6.07) is 3.29. The zero-order chi connectivity index (χ0) is 12.4. The van der Waals surface area contributed by atoms with Crippen molar-refractivity contribution >= 4 is 28.6 Å². The number of thiophene rings is 1. The predicted molar refractivity (Wildman–Crippen MR) is 63.0 cm³/mol. The largest absolute Gasteiger partial charge is 0.396 e. The molecular formula is C11H8F2N2OS. The van der Waals surface area contributed by atoms with Crippen molar-refractivity contribution in [1.29, 1.82) is 0 Å². The molecule has 0 aliphatic heterocycles. The summed E-state index contributed by atoms with van der Waals surface area (Å²) in [6.45, 7) is 0. The second-order valence-electron chi connectivity index (χ2n) is 3.32. The van der Waals surface area contributed by atoms with E-state index in [0.717, 1.165) is 6.07 Å². The minimum absolute atomic E-state index is 0.139. The number of anilines is 2. The molecular weight excluding hydrogens is 246 g/mol. The van der Waals surface area contributed by atoms with Crippen molar-refractivity contribution in [1.82, 2.24) is 0 Å². The molecule has 3 N–H and O–H groups in total. The lowest BCUT2D eigenvalue weighted by atomic mass is 10.2. The smallest absolute Gasteiger partial charge is 0.256 e. The number of nitrogens with two attached hydrogens (primary N) is 1. The number of rotatable bonds is 2. The quantitative estimate of drug-likeness (QED) is 0.810. The predicted octanol–water partition coefficient (Wildman–Crippen LogP) is 2.86. The van der Waals surface area contributed by atoms with Crippen molar-refractivity contribution in [3.8, 4) is 0 Å². The number of amides is 1. The zero-order valence-electron chi connectivity index (χ0n) is 8.54. The molecule has 0 unspecified atom stereocenters. The van der Waals surface area contributed by atoms with E-state index >= 15 is 0 Å². The number of hydrogen-bond acceptors (Lipinski definition) is 3. The van der Waals surface area contributed by atoms with E-state index in [-0.39, 0.29) is 11.4 Å². The lowest BCUT2D eigenvalue weighted by Gasteiger charge is -2.06. The van der Waals surface area contributed by atoms with E-state index < -0.39 is 17.5 Å². The summed E-state index contributed by atoms with van der Waals surface area (Å²) < 4.78 is 26.2.